The van der Waals surface area contributed by atoms with Gasteiger partial charge in [0.2, 0.25) is 0 Å². The van der Waals surface area contributed by atoms with Crippen molar-refractivity contribution in [1.82, 2.24) is 5.32 Å². The maximum absolute atomic E-state index is 13.3. The fourth-order valence-corrected chi connectivity index (χ4v) is 1.44. The van der Waals surface area contributed by atoms with Crippen molar-refractivity contribution in [3.8, 4) is 0 Å². The maximum atomic E-state index is 13.3. The van der Waals surface area contributed by atoms with Gasteiger partial charge in [-0.2, -0.15) is 0 Å². The van der Waals surface area contributed by atoms with Crippen LogP contribution in [0.15, 0.2) is 18.2 Å². The molecular weight excluding hydrogens is 236 g/mol. The van der Waals surface area contributed by atoms with E-state index in [2.05, 4.69) is 5.32 Å². The van der Waals surface area contributed by atoms with Crippen LogP contribution < -0.4 is 5.32 Å². The molecule has 0 bridgehead atoms. The Morgan fingerprint density at radius 2 is 2.20 bits per heavy atom. The molecule has 0 aliphatic carbocycles. The molecule has 0 saturated heterocycles. The van der Waals surface area contributed by atoms with Crippen molar-refractivity contribution in [2.45, 2.75) is 13.5 Å². The maximum Gasteiger partial charge on any atom is 0.129 e. The Bertz CT molecular complexity index is 317. The van der Waals surface area contributed by atoms with Crippen molar-refractivity contribution in [2.75, 3.05) is 12.4 Å². The van der Waals surface area contributed by atoms with E-state index in [1.165, 1.54) is 6.07 Å². The smallest absolute Gasteiger partial charge is 0.129 e. The SMILES string of the molecule is CC(CCl)CNCc1ccc(Cl)cc1F. The number of benzene rings is 1. The Morgan fingerprint density at radius 3 is 2.80 bits per heavy atom. The van der Waals surface area contributed by atoms with Gasteiger partial charge in [-0.1, -0.05) is 24.6 Å². The summed E-state index contributed by atoms with van der Waals surface area (Å²) in [6.07, 6.45) is 0. The first-order valence-corrected chi connectivity index (χ1v) is 5.75. The Kier molecular flexibility index (Phi) is 5.37. The van der Waals surface area contributed by atoms with Crippen LogP contribution >= 0.6 is 23.2 Å². The number of alkyl halides is 1. The molecule has 0 spiro atoms. The number of halogens is 3. The molecule has 1 unspecified atom stereocenters. The third-order valence-electron chi connectivity index (χ3n) is 2.09. The second kappa shape index (κ2) is 6.31. The van der Waals surface area contributed by atoms with E-state index < -0.39 is 0 Å². The highest BCUT2D eigenvalue weighted by molar-refractivity contribution is 6.30. The van der Waals surface area contributed by atoms with Crippen molar-refractivity contribution < 1.29 is 4.39 Å². The fraction of sp³-hybridized carbons (Fsp3) is 0.455. The zero-order valence-electron chi connectivity index (χ0n) is 8.56. The highest BCUT2D eigenvalue weighted by atomic mass is 35.5. The quantitative estimate of drug-likeness (QED) is 0.789. The molecule has 0 saturated carbocycles. The summed E-state index contributed by atoms with van der Waals surface area (Å²) in [5, 5.41) is 3.57. The van der Waals surface area contributed by atoms with Gasteiger partial charge in [0.25, 0.3) is 0 Å². The van der Waals surface area contributed by atoms with Gasteiger partial charge in [-0.05, 0) is 24.6 Å². The molecule has 1 rings (SSSR count). The molecule has 1 N–H and O–H groups in total. The molecular formula is C11H14Cl2FN. The van der Waals surface area contributed by atoms with Crippen LogP contribution in [0.3, 0.4) is 0 Å². The van der Waals surface area contributed by atoms with E-state index in [4.69, 9.17) is 23.2 Å². The topological polar surface area (TPSA) is 12.0 Å². The molecule has 1 atom stereocenters. The van der Waals surface area contributed by atoms with Gasteiger partial charge in [0.15, 0.2) is 0 Å². The summed E-state index contributed by atoms with van der Waals surface area (Å²) in [5.41, 5.74) is 0.626. The summed E-state index contributed by atoms with van der Waals surface area (Å²) in [7, 11) is 0. The van der Waals surface area contributed by atoms with E-state index in [-0.39, 0.29) is 5.82 Å². The highest BCUT2D eigenvalue weighted by Gasteiger charge is 2.03. The standard InChI is InChI=1S/C11H14Cl2FN/c1-8(5-12)6-15-7-9-2-3-10(13)4-11(9)14/h2-4,8,15H,5-7H2,1H3. The minimum absolute atomic E-state index is 0.270. The number of rotatable bonds is 5. The summed E-state index contributed by atoms with van der Waals surface area (Å²) in [5.74, 6) is 0.728. The average molecular weight is 250 g/mol. The van der Waals surface area contributed by atoms with Crippen LogP contribution in [0.2, 0.25) is 5.02 Å². The van der Waals surface area contributed by atoms with E-state index in [9.17, 15) is 4.39 Å². The van der Waals surface area contributed by atoms with Gasteiger partial charge < -0.3 is 5.32 Å². The summed E-state index contributed by atoms with van der Waals surface area (Å²) in [6, 6.07) is 4.70. The predicted octanol–water partition coefficient (Wildman–Crippen LogP) is 3.44. The molecule has 0 aliphatic rings. The Labute approximate surface area is 99.6 Å². The lowest BCUT2D eigenvalue weighted by Crippen LogP contribution is -2.22. The highest BCUT2D eigenvalue weighted by Crippen LogP contribution is 2.14. The van der Waals surface area contributed by atoms with Crippen LogP contribution in [0.5, 0.6) is 0 Å². The summed E-state index contributed by atoms with van der Waals surface area (Å²) >= 11 is 11.3. The average Bonchev–Trinajstić information content (AvgIpc) is 2.21. The van der Waals surface area contributed by atoms with Gasteiger partial charge in [0, 0.05) is 23.0 Å². The Balaban J connectivity index is 2.44. The summed E-state index contributed by atoms with van der Waals surface area (Å²) in [6.45, 7) is 3.33. The second-order valence-corrected chi connectivity index (χ2v) is 4.37. The fourth-order valence-electron chi connectivity index (χ4n) is 1.17. The first-order chi connectivity index (χ1) is 7.13. The van der Waals surface area contributed by atoms with E-state index >= 15 is 0 Å². The predicted molar refractivity (Wildman–Crippen MR) is 63.0 cm³/mol. The molecule has 1 nitrogen and oxygen atoms in total. The third-order valence-corrected chi connectivity index (χ3v) is 2.85. The van der Waals surface area contributed by atoms with Gasteiger partial charge in [0.05, 0.1) is 0 Å². The Hall–Kier alpha value is -0.310. The summed E-state index contributed by atoms with van der Waals surface area (Å²) in [4.78, 5) is 0. The molecule has 1 aromatic rings. The normalized spacial score (nSPS) is 12.8. The van der Waals surface area contributed by atoms with Gasteiger partial charge in [0.1, 0.15) is 5.82 Å². The number of hydrogen-bond donors (Lipinski definition) is 1. The van der Waals surface area contributed by atoms with Crippen LogP contribution in [0.1, 0.15) is 12.5 Å². The van der Waals surface area contributed by atoms with Gasteiger partial charge in [-0.3, -0.25) is 0 Å². The van der Waals surface area contributed by atoms with Gasteiger partial charge in [-0.25, -0.2) is 4.39 Å². The van der Waals surface area contributed by atoms with E-state index in [1.54, 1.807) is 12.1 Å². The zero-order valence-corrected chi connectivity index (χ0v) is 10.1. The lowest BCUT2D eigenvalue weighted by atomic mass is 10.2. The van der Waals surface area contributed by atoms with E-state index in [1.807, 2.05) is 6.92 Å². The van der Waals surface area contributed by atoms with Crippen LogP contribution in [0.25, 0.3) is 0 Å². The van der Waals surface area contributed by atoms with Crippen molar-refractivity contribution in [3.63, 3.8) is 0 Å². The van der Waals surface area contributed by atoms with Crippen molar-refractivity contribution in [2.24, 2.45) is 5.92 Å². The molecule has 0 radical (unpaired) electrons. The molecule has 0 aliphatic heterocycles. The molecule has 0 aromatic heterocycles. The number of nitrogens with one attached hydrogen (secondary N) is 1. The van der Waals surface area contributed by atoms with Crippen molar-refractivity contribution in [3.05, 3.63) is 34.6 Å². The van der Waals surface area contributed by atoms with Crippen LogP contribution in [-0.2, 0) is 6.54 Å². The summed E-state index contributed by atoms with van der Waals surface area (Å²) < 4.78 is 13.3. The molecule has 1 aromatic carbocycles. The first-order valence-electron chi connectivity index (χ1n) is 4.84. The van der Waals surface area contributed by atoms with Crippen LogP contribution in [0.4, 0.5) is 4.39 Å². The minimum Gasteiger partial charge on any atom is -0.312 e. The molecule has 0 fully saturated rings. The van der Waals surface area contributed by atoms with Crippen LogP contribution in [-0.4, -0.2) is 12.4 Å². The zero-order chi connectivity index (χ0) is 11.3. The Morgan fingerprint density at radius 1 is 1.47 bits per heavy atom. The minimum atomic E-state index is -0.270. The molecule has 84 valence electrons. The van der Waals surface area contributed by atoms with Gasteiger partial charge in [-0.15, -0.1) is 11.6 Å². The second-order valence-electron chi connectivity index (χ2n) is 3.63. The lowest BCUT2D eigenvalue weighted by Gasteiger charge is -2.09. The molecule has 0 heterocycles. The molecule has 4 heteroatoms. The number of hydrogen-bond acceptors (Lipinski definition) is 1. The van der Waals surface area contributed by atoms with Crippen molar-refractivity contribution >= 4 is 23.2 Å². The first kappa shape index (κ1) is 12.8. The van der Waals surface area contributed by atoms with E-state index in [0.717, 1.165) is 6.54 Å². The largest absolute Gasteiger partial charge is 0.312 e. The van der Waals surface area contributed by atoms with E-state index in [0.29, 0.717) is 28.9 Å². The lowest BCUT2D eigenvalue weighted by molar-refractivity contribution is 0.538. The monoisotopic (exact) mass is 249 g/mol. The van der Waals surface area contributed by atoms with Gasteiger partial charge >= 0.3 is 0 Å². The molecule has 0 amide bonds. The van der Waals surface area contributed by atoms with Crippen LogP contribution in [0, 0.1) is 11.7 Å². The van der Waals surface area contributed by atoms with Crippen molar-refractivity contribution in [1.29, 1.82) is 0 Å². The molecule has 15 heavy (non-hydrogen) atoms. The third kappa shape index (κ3) is 4.37.